The predicted molar refractivity (Wildman–Crippen MR) is 81.1 cm³/mol. The third kappa shape index (κ3) is 6.31. The highest BCUT2D eigenvalue weighted by Crippen LogP contribution is 2.31. The highest BCUT2D eigenvalue weighted by Gasteiger charge is 2.41. The van der Waals surface area contributed by atoms with Crippen molar-refractivity contribution < 1.29 is 32.4 Å². The molecule has 0 aliphatic heterocycles. The average Bonchev–Trinajstić information content (AvgIpc) is 2.43. The normalized spacial score (nSPS) is 13.8. The molecule has 0 aliphatic rings. The van der Waals surface area contributed by atoms with E-state index in [1.807, 2.05) is 6.92 Å². The van der Waals surface area contributed by atoms with E-state index in [0.717, 1.165) is 19.3 Å². The van der Waals surface area contributed by atoms with Crippen molar-refractivity contribution in [3.05, 3.63) is 0 Å². The van der Waals surface area contributed by atoms with Gasteiger partial charge in [-0.15, -0.1) is 0 Å². The van der Waals surface area contributed by atoms with Gasteiger partial charge in [-0.25, -0.2) is 0 Å². The third-order valence-electron chi connectivity index (χ3n) is 3.80. The summed E-state index contributed by atoms with van der Waals surface area (Å²) in [6.07, 6.45) is 2.94. The van der Waals surface area contributed by atoms with Crippen molar-refractivity contribution in [3.8, 4) is 0 Å². The Morgan fingerprint density at radius 3 is 2.00 bits per heavy atom. The minimum absolute atomic E-state index is 0.409. The van der Waals surface area contributed by atoms with Crippen LogP contribution in [0, 0.1) is 0 Å². The maximum atomic E-state index is 12.2. The zero-order valence-electron chi connectivity index (χ0n) is 13.4. The van der Waals surface area contributed by atoms with Crippen LogP contribution in [0.3, 0.4) is 0 Å². The molecule has 0 aromatic heterocycles. The van der Waals surface area contributed by atoms with E-state index in [2.05, 4.69) is 0 Å². The van der Waals surface area contributed by atoms with Gasteiger partial charge in [-0.2, -0.15) is 8.42 Å². The van der Waals surface area contributed by atoms with Crippen LogP contribution >= 0.6 is 0 Å². The van der Waals surface area contributed by atoms with Gasteiger partial charge in [0.2, 0.25) is 0 Å². The van der Waals surface area contributed by atoms with Crippen molar-refractivity contribution in [1.29, 1.82) is 0 Å². The summed E-state index contributed by atoms with van der Waals surface area (Å²) in [7, 11) is -4.52. The molecule has 0 bridgehead atoms. The van der Waals surface area contributed by atoms with E-state index in [9.17, 15) is 18.0 Å². The SMILES string of the molecule is CCCCCC(CC)(CC)OS(=O)(=O)C(CC(=O)O)C(=O)O. The molecule has 7 nitrogen and oxygen atoms in total. The van der Waals surface area contributed by atoms with E-state index in [1.165, 1.54) is 0 Å². The molecule has 0 saturated carbocycles. The second-order valence-electron chi connectivity index (χ2n) is 5.35. The van der Waals surface area contributed by atoms with Gasteiger partial charge in [-0.3, -0.25) is 13.8 Å². The summed E-state index contributed by atoms with van der Waals surface area (Å²) >= 11 is 0. The van der Waals surface area contributed by atoms with Crippen LogP contribution < -0.4 is 0 Å². The van der Waals surface area contributed by atoms with Gasteiger partial charge < -0.3 is 10.2 Å². The molecule has 0 aromatic rings. The minimum Gasteiger partial charge on any atom is -0.481 e. The Bertz CT molecular complexity index is 466. The van der Waals surface area contributed by atoms with Crippen molar-refractivity contribution in [2.75, 3.05) is 0 Å². The maximum Gasteiger partial charge on any atom is 0.325 e. The molecule has 0 radical (unpaired) electrons. The molecule has 1 unspecified atom stereocenters. The summed E-state index contributed by atoms with van der Waals surface area (Å²) in [6, 6.07) is 0. The van der Waals surface area contributed by atoms with Gasteiger partial charge in [0.05, 0.1) is 12.0 Å². The molecule has 1 atom stereocenters. The van der Waals surface area contributed by atoms with Crippen LogP contribution in [0.15, 0.2) is 0 Å². The first-order chi connectivity index (χ1) is 10.1. The summed E-state index contributed by atoms with van der Waals surface area (Å²) < 4.78 is 29.6. The molecule has 0 amide bonds. The molecule has 0 heterocycles. The first-order valence-electron chi connectivity index (χ1n) is 7.53. The van der Waals surface area contributed by atoms with Gasteiger partial charge in [-0.05, 0) is 19.3 Å². The van der Waals surface area contributed by atoms with Crippen LogP contribution in [0.2, 0.25) is 0 Å². The Morgan fingerprint density at radius 1 is 1.09 bits per heavy atom. The lowest BCUT2D eigenvalue weighted by atomic mass is 9.91. The first kappa shape index (κ1) is 20.9. The van der Waals surface area contributed by atoms with Gasteiger partial charge in [0.15, 0.2) is 5.25 Å². The van der Waals surface area contributed by atoms with E-state index < -0.39 is 39.3 Å². The first-order valence-corrected chi connectivity index (χ1v) is 9.00. The Balaban J connectivity index is 5.29. The lowest BCUT2D eigenvalue weighted by molar-refractivity contribution is -0.143. The number of unbranched alkanes of at least 4 members (excludes halogenated alkanes) is 2. The molecule has 22 heavy (non-hydrogen) atoms. The fourth-order valence-electron chi connectivity index (χ4n) is 2.24. The van der Waals surface area contributed by atoms with E-state index in [0.29, 0.717) is 19.3 Å². The topological polar surface area (TPSA) is 118 Å². The zero-order valence-corrected chi connectivity index (χ0v) is 14.2. The van der Waals surface area contributed by atoms with Gasteiger partial charge in [0.1, 0.15) is 0 Å². The quantitative estimate of drug-likeness (QED) is 0.414. The third-order valence-corrected chi connectivity index (χ3v) is 5.45. The predicted octanol–water partition coefficient (Wildman–Crippen LogP) is 2.40. The Kier molecular flexibility index (Phi) is 8.62. The van der Waals surface area contributed by atoms with Crippen LogP contribution in [0.25, 0.3) is 0 Å². The fourth-order valence-corrected chi connectivity index (χ4v) is 3.76. The van der Waals surface area contributed by atoms with Crippen LogP contribution in [-0.2, 0) is 23.9 Å². The van der Waals surface area contributed by atoms with E-state index in [4.69, 9.17) is 14.4 Å². The van der Waals surface area contributed by atoms with Gasteiger partial charge in [0.25, 0.3) is 10.1 Å². The van der Waals surface area contributed by atoms with Crippen molar-refractivity contribution >= 4 is 22.1 Å². The molecule has 0 rings (SSSR count). The Labute approximate surface area is 131 Å². The fraction of sp³-hybridized carbons (Fsp3) is 0.857. The van der Waals surface area contributed by atoms with Gasteiger partial charge in [0, 0.05) is 0 Å². The number of hydrogen-bond acceptors (Lipinski definition) is 5. The monoisotopic (exact) mass is 338 g/mol. The molecular formula is C14H26O7S. The molecule has 2 N–H and O–H groups in total. The molecule has 130 valence electrons. The number of carboxylic acid groups (broad SMARTS) is 2. The van der Waals surface area contributed by atoms with Crippen LogP contribution in [0.1, 0.15) is 65.7 Å². The molecule has 0 spiro atoms. The molecule has 0 aliphatic carbocycles. The summed E-state index contributed by atoms with van der Waals surface area (Å²) in [6.45, 7) is 5.57. The molecular weight excluding hydrogens is 312 g/mol. The number of hydrogen-bond donors (Lipinski definition) is 2. The lowest BCUT2D eigenvalue weighted by Gasteiger charge is -2.32. The Morgan fingerprint density at radius 2 is 1.64 bits per heavy atom. The summed E-state index contributed by atoms with van der Waals surface area (Å²) in [5, 5.41) is 15.6. The van der Waals surface area contributed by atoms with Gasteiger partial charge >= 0.3 is 11.9 Å². The number of rotatable bonds is 12. The van der Waals surface area contributed by atoms with Crippen LogP contribution in [-0.4, -0.2) is 41.4 Å². The second-order valence-corrected chi connectivity index (χ2v) is 7.07. The highest BCUT2D eigenvalue weighted by atomic mass is 32.2. The smallest absolute Gasteiger partial charge is 0.325 e. The maximum absolute atomic E-state index is 12.2. The standard InChI is InChI=1S/C14H26O7S/c1-4-7-8-9-14(5-2,6-3)21-22(19,20)11(13(17)18)10-12(15)16/h11H,4-10H2,1-3H3,(H,15,16)(H,17,18). The van der Waals surface area contributed by atoms with Crippen LogP contribution in [0.4, 0.5) is 0 Å². The summed E-state index contributed by atoms with van der Waals surface area (Å²) in [5.41, 5.74) is -0.972. The Hall–Kier alpha value is -1.15. The number of carboxylic acids is 2. The molecule has 0 saturated heterocycles. The summed E-state index contributed by atoms with van der Waals surface area (Å²) in [4.78, 5) is 21.8. The van der Waals surface area contributed by atoms with Crippen LogP contribution in [0.5, 0.6) is 0 Å². The highest BCUT2D eigenvalue weighted by molar-refractivity contribution is 7.88. The lowest BCUT2D eigenvalue weighted by Crippen LogP contribution is -2.41. The second kappa shape index (κ2) is 9.09. The minimum atomic E-state index is -4.52. The van der Waals surface area contributed by atoms with E-state index in [-0.39, 0.29) is 0 Å². The average molecular weight is 338 g/mol. The zero-order chi connectivity index (χ0) is 17.4. The van der Waals surface area contributed by atoms with Crippen molar-refractivity contribution in [1.82, 2.24) is 0 Å². The molecule has 0 fully saturated rings. The molecule has 8 heteroatoms. The molecule has 0 aromatic carbocycles. The van der Waals surface area contributed by atoms with Crippen molar-refractivity contribution in [2.45, 2.75) is 76.6 Å². The summed E-state index contributed by atoms with van der Waals surface area (Å²) in [5.74, 6) is -3.21. The van der Waals surface area contributed by atoms with Crippen molar-refractivity contribution in [2.24, 2.45) is 0 Å². The number of carbonyl (C=O) groups is 2. The largest absolute Gasteiger partial charge is 0.481 e. The van der Waals surface area contributed by atoms with E-state index >= 15 is 0 Å². The number of aliphatic carboxylic acids is 2. The van der Waals surface area contributed by atoms with Crippen molar-refractivity contribution in [3.63, 3.8) is 0 Å². The van der Waals surface area contributed by atoms with E-state index in [1.54, 1.807) is 13.8 Å². The van der Waals surface area contributed by atoms with Gasteiger partial charge in [-0.1, -0.05) is 40.0 Å².